The van der Waals surface area contributed by atoms with Crippen LogP contribution in [0.15, 0.2) is 0 Å². The van der Waals surface area contributed by atoms with Crippen molar-refractivity contribution >= 4 is 0 Å². The van der Waals surface area contributed by atoms with Gasteiger partial charge in [-0.1, -0.05) is 59.3 Å². The Hall–Kier alpha value is -0.120. The minimum atomic E-state index is 0.272. The summed E-state index contributed by atoms with van der Waals surface area (Å²) in [6.07, 6.45) is 14.5. The molecule has 0 aromatic rings. The number of rotatable bonds is 12. The van der Waals surface area contributed by atoms with Crippen LogP contribution in [-0.2, 0) is 0 Å². The van der Waals surface area contributed by atoms with Crippen molar-refractivity contribution in [3.63, 3.8) is 0 Å². The van der Waals surface area contributed by atoms with Crippen molar-refractivity contribution in [3.8, 4) is 0 Å². The van der Waals surface area contributed by atoms with Crippen molar-refractivity contribution < 1.29 is 0 Å². The SMILES string of the molecule is CCCCCCCCC(NN)C(CC)(CC)N1CCCC1. The molecular formula is C18H39N3. The van der Waals surface area contributed by atoms with Gasteiger partial charge < -0.3 is 0 Å². The molecule has 3 nitrogen and oxygen atoms in total. The average Bonchev–Trinajstić information content (AvgIpc) is 3.05. The summed E-state index contributed by atoms with van der Waals surface area (Å²) < 4.78 is 0. The predicted molar refractivity (Wildman–Crippen MR) is 93.2 cm³/mol. The first-order chi connectivity index (χ1) is 10.2. The summed E-state index contributed by atoms with van der Waals surface area (Å²) >= 11 is 0. The summed E-state index contributed by atoms with van der Waals surface area (Å²) in [4.78, 5) is 2.72. The number of hydrogen-bond donors (Lipinski definition) is 2. The van der Waals surface area contributed by atoms with Gasteiger partial charge in [0.15, 0.2) is 0 Å². The van der Waals surface area contributed by atoms with Crippen LogP contribution in [0, 0.1) is 0 Å². The van der Waals surface area contributed by atoms with E-state index in [1.54, 1.807) is 0 Å². The number of likely N-dealkylation sites (tertiary alicyclic amines) is 1. The Labute approximate surface area is 133 Å². The van der Waals surface area contributed by atoms with Crippen molar-refractivity contribution in [2.45, 2.75) is 103 Å². The largest absolute Gasteiger partial charge is 0.296 e. The van der Waals surface area contributed by atoms with Crippen LogP contribution in [0.3, 0.4) is 0 Å². The minimum Gasteiger partial charge on any atom is -0.296 e. The van der Waals surface area contributed by atoms with Crippen molar-refractivity contribution in [1.29, 1.82) is 0 Å². The lowest BCUT2D eigenvalue weighted by molar-refractivity contribution is 0.0575. The Balaban J connectivity index is 2.48. The molecule has 0 radical (unpaired) electrons. The van der Waals surface area contributed by atoms with E-state index in [4.69, 9.17) is 5.84 Å². The second kappa shape index (κ2) is 10.6. The van der Waals surface area contributed by atoms with Crippen LogP contribution in [0.2, 0.25) is 0 Å². The highest BCUT2D eigenvalue weighted by molar-refractivity contribution is 4.99. The van der Waals surface area contributed by atoms with Gasteiger partial charge in [0.05, 0.1) is 0 Å². The Kier molecular flexibility index (Phi) is 9.54. The minimum absolute atomic E-state index is 0.272. The molecule has 3 N–H and O–H groups in total. The predicted octanol–water partition coefficient (Wildman–Crippen LogP) is 4.22. The summed E-state index contributed by atoms with van der Waals surface area (Å²) in [6.45, 7) is 9.48. The van der Waals surface area contributed by atoms with Crippen LogP contribution < -0.4 is 11.3 Å². The van der Waals surface area contributed by atoms with Crippen LogP contribution in [0.5, 0.6) is 0 Å². The number of nitrogens with zero attached hydrogens (tertiary/aromatic N) is 1. The van der Waals surface area contributed by atoms with Crippen LogP contribution in [0.1, 0.15) is 91.4 Å². The van der Waals surface area contributed by atoms with Gasteiger partial charge in [0.1, 0.15) is 0 Å². The first-order valence-electron chi connectivity index (χ1n) is 9.46. The van der Waals surface area contributed by atoms with Gasteiger partial charge in [0.2, 0.25) is 0 Å². The summed E-state index contributed by atoms with van der Waals surface area (Å²) in [5.74, 6) is 5.96. The summed E-state index contributed by atoms with van der Waals surface area (Å²) in [7, 11) is 0. The van der Waals surface area contributed by atoms with Crippen LogP contribution in [-0.4, -0.2) is 29.6 Å². The Morgan fingerprint density at radius 3 is 2.05 bits per heavy atom. The highest BCUT2D eigenvalue weighted by Crippen LogP contribution is 2.33. The zero-order valence-corrected chi connectivity index (χ0v) is 14.8. The highest BCUT2D eigenvalue weighted by Gasteiger charge is 2.41. The van der Waals surface area contributed by atoms with Gasteiger partial charge in [0, 0.05) is 11.6 Å². The molecule has 0 spiro atoms. The molecule has 1 unspecified atom stereocenters. The van der Waals surface area contributed by atoms with E-state index in [0.29, 0.717) is 6.04 Å². The Morgan fingerprint density at radius 2 is 1.52 bits per heavy atom. The number of unbranched alkanes of at least 4 members (excludes halogenated alkanes) is 5. The number of nitrogens with two attached hydrogens (primary N) is 1. The van der Waals surface area contributed by atoms with Crippen molar-refractivity contribution in [2.24, 2.45) is 5.84 Å². The van der Waals surface area contributed by atoms with Gasteiger partial charge in [-0.05, 0) is 45.2 Å². The van der Waals surface area contributed by atoms with E-state index < -0.39 is 0 Å². The maximum atomic E-state index is 5.96. The lowest BCUT2D eigenvalue weighted by atomic mass is 9.80. The van der Waals surface area contributed by atoms with Gasteiger partial charge >= 0.3 is 0 Å². The second-order valence-electron chi connectivity index (χ2n) is 6.78. The molecule has 0 aliphatic carbocycles. The third-order valence-corrected chi connectivity index (χ3v) is 5.66. The zero-order chi connectivity index (χ0) is 15.6. The first kappa shape index (κ1) is 18.9. The summed E-state index contributed by atoms with van der Waals surface area (Å²) in [6, 6.07) is 0.441. The zero-order valence-electron chi connectivity index (χ0n) is 14.8. The van der Waals surface area contributed by atoms with Gasteiger partial charge in [0.25, 0.3) is 0 Å². The van der Waals surface area contributed by atoms with Crippen LogP contribution in [0.25, 0.3) is 0 Å². The monoisotopic (exact) mass is 297 g/mol. The molecular weight excluding hydrogens is 258 g/mol. The van der Waals surface area contributed by atoms with E-state index in [0.717, 1.165) is 0 Å². The molecule has 0 saturated carbocycles. The van der Waals surface area contributed by atoms with E-state index in [2.05, 4.69) is 31.1 Å². The fraction of sp³-hybridized carbons (Fsp3) is 1.00. The molecule has 1 aliphatic rings. The lowest BCUT2D eigenvalue weighted by Crippen LogP contribution is -2.61. The normalized spacial score (nSPS) is 18.3. The van der Waals surface area contributed by atoms with E-state index in [1.165, 1.54) is 83.7 Å². The Morgan fingerprint density at radius 1 is 0.952 bits per heavy atom. The molecule has 1 heterocycles. The van der Waals surface area contributed by atoms with Crippen molar-refractivity contribution in [1.82, 2.24) is 10.3 Å². The molecule has 3 heteroatoms. The molecule has 1 aliphatic heterocycles. The fourth-order valence-corrected chi connectivity index (χ4v) is 4.21. The van der Waals surface area contributed by atoms with Gasteiger partial charge in [-0.25, -0.2) is 0 Å². The number of hydrogen-bond acceptors (Lipinski definition) is 3. The van der Waals surface area contributed by atoms with Crippen molar-refractivity contribution in [3.05, 3.63) is 0 Å². The van der Waals surface area contributed by atoms with Gasteiger partial charge in [-0.3, -0.25) is 16.2 Å². The van der Waals surface area contributed by atoms with E-state index in [-0.39, 0.29) is 5.54 Å². The molecule has 1 rings (SSSR count). The maximum Gasteiger partial charge on any atom is 0.0394 e. The number of hydrazine groups is 1. The van der Waals surface area contributed by atoms with Crippen LogP contribution >= 0.6 is 0 Å². The molecule has 21 heavy (non-hydrogen) atoms. The fourth-order valence-electron chi connectivity index (χ4n) is 4.21. The standard InChI is InChI=1S/C18H39N3/c1-4-7-8-9-10-11-14-17(20-19)18(5-2,6-3)21-15-12-13-16-21/h17,20H,4-16,19H2,1-3H3. The molecule has 1 saturated heterocycles. The molecule has 0 amide bonds. The van der Waals surface area contributed by atoms with E-state index >= 15 is 0 Å². The third kappa shape index (κ3) is 5.22. The summed E-state index contributed by atoms with van der Waals surface area (Å²) in [5.41, 5.74) is 3.45. The molecule has 0 aromatic carbocycles. The smallest absolute Gasteiger partial charge is 0.0394 e. The van der Waals surface area contributed by atoms with Crippen molar-refractivity contribution in [2.75, 3.05) is 13.1 Å². The summed E-state index contributed by atoms with van der Waals surface area (Å²) in [5, 5.41) is 0. The quantitative estimate of drug-likeness (QED) is 0.322. The molecule has 1 atom stereocenters. The second-order valence-corrected chi connectivity index (χ2v) is 6.78. The molecule has 1 fully saturated rings. The first-order valence-corrected chi connectivity index (χ1v) is 9.46. The maximum absolute atomic E-state index is 5.96. The Bertz CT molecular complexity index is 245. The van der Waals surface area contributed by atoms with E-state index in [9.17, 15) is 0 Å². The highest BCUT2D eigenvalue weighted by atomic mass is 15.3. The average molecular weight is 298 g/mol. The topological polar surface area (TPSA) is 41.3 Å². The van der Waals surface area contributed by atoms with Gasteiger partial charge in [-0.15, -0.1) is 0 Å². The molecule has 0 aromatic heterocycles. The third-order valence-electron chi connectivity index (χ3n) is 5.66. The lowest BCUT2D eigenvalue weighted by Gasteiger charge is -2.46. The number of nitrogens with one attached hydrogen (secondary N) is 1. The van der Waals surface area contributed by atoms with Crippen LogP contribution in [0.4, 0.5) is 0 Å². The molecule has 0 bridgehead atoms. The van der Waals surface area contributed by atoms with Gasteiger partial charge in [-0.2, -0.15) is 0 Å². The molecule has 126 valence electrons. The van der Waals surface area contributed by atoms with E-state index in [1.807, 2.05) is 0 Å².